The van der Waals surface area contributed by atoms with Crippen LogP contribution >= 0.6 is 0 Å². The molecule has 0 unspecified atom stereocenters. The molecule has 0 aliphatic rings. The van der Waals surface area contributed by atoms with E-state index >= 15 is 0 Å². The van der Waals surface area contributed by atoms with Gasteiger partial charge >= 0.3 is 0 Å². The summed E-state index contributed by atoms with van der Waals surface area (Å²) in [6.07, 6.45) is 0. The summed E-state index contributed by atoms with van der Waals surface area (Å²) in [5.41, 5.74) is 0. The van der Waals surface area contributed by atoms with Crippen LogP contribution < -0.4 is 5.40 Å². The average Bonchev–Trinajstić information content (AvgIpc) is 1.50. The lowest BCUT2D eigenvalue weighted by Crippen LogP contribution is -1.75. The lowest BCUT2D eigenvalue weighted by Gasteiger charge is -1.25. The Bertz CT molecular complexity index is 6.00. The second kappa shape index (κ2) is 1450. The minimum Gasteiger partial charge on any atom is -0.358 e. The molecule has 0 amide bonds. The number of nitrogens with two attached hydrogens (primary N) is 1. The van der Waals surface area contributed by atoms with Gasteiger partial charge in [-0.15, -0.1) is 0 Å². The molecule has 0 bridgehead atoms. The molecule has 4 heavy (non-hydrogen) atoms. The Morgan fingerprint density at radius 2 is 1.25 bits per heavy atom. The Kier molecular flexibility index (Phi) is 3240. The fraction of sp³-hybridized carbons (Fsp3) is 0. The van der Waals surface area contributed by atoms with Gasteiger partial charge in [0.25, 0.3) is 0 Å². The van der Waals surface area contributed by atoms with Gasteiger partial charge in [-0.3, -0.25) is 10.5 Å². The van der Waals surface area contributed by atoms with Crippen LogP contribution in [0, 0.1) is 0 Å². The van der Waals surface area contributed by atoms with Crippen LogP contribution in [0.1, 0.15) is 0 Å². The van der Waals surface area contributed by atoms with Crippen molar-refractivity contribution < 1.29 is 10.5 Å². The largest absolute Gasteiger partial charge is 0.358 e. The van der Waals surface area contributed by atoms with Gasteiger partial charge in [0, 0.05) is 0 Å². The highest BCUT2D eigenvalue weighted by Gasteiger charge is 0.880. The van der Waals surface area contributed by atoms with Crippen molar-refractivity contribution in [3.05, 3.63) is 0 Å². The van der Waals surface area contributed by atoms with Crippen LogP contribution in [0.5, 0.6) is 0 Å². The van der Waals surface area contributed by atoms with Crippen LogP contribution in [0.15, 0.2) is 0 Å². The Hall–Kier alpha value is 0.0969. The second-order valence-corrected chi connectivity index (χ2v) is 0. The topological polar surface area (TPSA) is 66.5 Å². The first-order valence-electron chi connectivity index (χ1n) is 0.777. The van der Waals surface area contributed by atoms with Crippen molar-refractivity contribution in [3.63, 3.8) is 0 Å². The zero-order valence-electron chi connectivity index (χ0n) is 2.47. The van der Waals surface area contributed by atoms with Gasteiger partial charge in [-0.2, -0.15) is 0 Å². The van der Waals surface area contributed by atoms with Crippen molar-refractivity contribution in [2.75, 3.05) is 0 Å². The van der Waals surface area contributed by atoms with Crippen molar-refractivity contribution in [1.82, 2.24) is 0 Å². The molecule has 0 spiro atoms. The first-order valence-corrected chi connectivity index (χ1v) is 1.93. The molecule has 0 radical (unpaired) electrons. The maximum Gasteiger partial charge on any atom is 0.0716 e. The average molecular weight is 81.1 g/mol. The highest BCUT2D eigenvalue weighted by Crippen LogP contribution is 0.711. The maximum absolute atomic E-state index is 6.00. The first kappa shape index (κ1) is 8.94. The zero-order chi connectivity index (χ0) is 4.00. The lowest BCUT2D eigenvalue weighted by atomic mass is 13.9. The Labute approximate surface area is 27.5 Å². The van der Waals surface area contributed by atoms with Gasteiger partial charge in [-0.1, -0.05) is 0 Å². The highest BCUT2D eigenvalue weighted by atomic mass is 28.2. The summed E-state index contributed by atoms with van der Waals surface area (Å²) < 4.78 is 0. The van der Waals surface area contributed by atoms with Crippen LogP contribution in [0.25, 0.3) is 0 Å². The van der Waals surface area contributed by atoms with Gasteiger partial charge in [0.2, 0.25) is 0 Å². The van der Waals surface area contributed by atoms with Crippen molar-refractivity contribution in [2.24, 2.45) is 5.40 Å². The fourth-order valence-corrected chi connectivity index (χ4v) is 0. The summed E-state index contributed by atoms with van der Waals surface area (Å²) in [7, 11) is 0.806. The van der Waals surface area contributed by atoms with Crippen LogP contribution in [-0.2, 0) is 0 Å². The van der Waals surface area contributed by atoms with E-state index in [1.165, 1.54) is 0 Å². The molecule has 0 aromatic rings. The van der Waals surface area contributed by atoms with Crippen molar-refractivity contribution in [2.45, 2.75) is 0 Å². The molecule has 0 rings (SSSR count). The van der Waals surface area contributed by atoms with Gasteiger partial charge in [0.1, 0.15) is 0 Å². The Morgan fingerprint density at radius 3 is 1.25 bits per heavy atom. The molecule has 0 heterocycles. The SMILES string of the molecule is N[SiH3].OO. The van der Waals surface area contributed by atoms with E-state index in [0.717, 1.165) is 10.4 Å². The summed E-state index contributed by atoms with van der Waals surface area (Å²) in [6.45, 7) is 0. The third-order valence-electron chi connectivity index (χ3n) is 0. The van der Waals surface area contributed by atoms with Gasteiger partial charge in [0.15, 0.2) is 0 Å². The molecule has 0 aliphatic carbocycles. The zero-order valence-corrected chi connectivity index (χ0v) is 4.47. The standard InChI is InChI=1S/H5NSi.H2O2/c2*1-2/h1H2,2H3;1-2H. The van der Waals surface area contributed by atoms with Crippen LogP contribution in [-0.4, -0.2) is 20.9 Å². The van der Waals surface area contributed by atoms with E-state index in [2.05, 4.69) is 5.40 Å². The highest BCUT2D eigenvalue weighted by molar-refractivity contribution is 6.02. The summed E-state index contributed by atoms with van der Waals surface area (Å²) in [5, 5.41) is 16.6. The van der Waals surface area contributed by atoms with Crippen LogP contribution in [0.3, 0.4) is 0 Å². The number of hydrogen-bond donors (Lipinski definition) is 3. The molecular formula is H7NO2Si. The molecule has 0 aromatic heterocycles. The monoisotopic (exact) mass is 81.0 g/mol. The molecule has 4 heteroatoms. The third kappa shape index (κ3) is 269. The smallest absolute Gasteiger partial charge is 0.0716 e. The van der Waals surface area contributed by atoms with Crippen molar-refractivity contribution in [3.8, 4) is 0 Å². The molecule has 0 aliphatic heterocycles. The Morgan fingerprint density at radius 1 is 1.25 bits per heavy atom. The van der Waals surface area contributed by atoms with E-state index in [1.54, 1.807) is 0 Å². The van der Waals surface area contributed by atoms with Gasteiger partial charge < -0.3 is 5.40 Å². The predicted molar refractivity (Wildman–Crippen MR) is 19.4 cm³/mol. The second-order valence-electron chi connectivity index (χ2n) is 0. The molecular weight excluding hydrogens is 74.1 g/mol. The number of rotatable bonds is 0. The van der Waals surface area contributed by atoms with Crippen LogP contribution in [0.2, 0.25) is 0 Å². The molecule has 0 fully saturated rings. The summed E-state index contributed by atoms with van der Waals surface area (Å²) >= 11 is 0. The normalized spacial score (nSPS) is 3.75. The molecule has 4 N–H and O–H groups in total. The molecule has 0 atom stereocenters. The quantitative estimate of drug-likeness (QED) is 0.184. The molecule has 0 saturated heterocycles. The van der Waals surface area contributed by atoms with Crippen molar-refractivity contribution in [1.29, 1.82) is 0 Å². The van der Waals surface area contributed by atoms with E-state index in [-0.39, 0.29) is 0 Å². The maximum atomic E-state index is 6.00. The summed E-state index contributed by atoms with van der Waals surface area (Å²) in [4.78, 5) is 0. The van der Waals surface area contributed by atoms with E-state index in [1.807, 2.05) is 0 Å². The van der Waals surface area contributed by atoms with E-state index in [9.17, 15) is 0 Å². The minimum atomic E-state index is 0.806. The van der Waals surface area contributed by atoms with Gasteiger partial charge in [0.05, 0.1) is 10.4 Å². The molecule has 28 valence electrons. The van der Waals surface area contributed by atoms with Crippen LogP contribution in [0.4, 0.5) is 0 Å². The van der Waals surface area contributed by atoms with E-state index in [0.29, 0.717) is 0 Å². The summed E-state index contributed by atoms with van der Waals surface area (Å²) in [6, 6.07) is 0. The van der Waals surface area contributed by atoms with Gasteiger partial charge in [-0.25, -0.2) is 0 Å². The molecule has 3 nitrogen and oxygen atoms in total. The number of hydrogen-bond acceptors (Lipinski definition) is 3. The predicted octanol–water partition coefficient (Wildman–Crippen LogP) is -1.76. The lowest BCUT2D eigenvalue weighted by molar-refractivity contribution is -0.176. The van der Waals surface area contributed by atoms with E-state index in [4.69, 9.17) is 10.5 Å². The first-order chi connectivity index (χ1) is 2.00. The molecule has 0 saturated carbocycles. The molecule has 0 aromatic carbocycles. The summed E-state index contributed by atoms with van der Waals surface area (Å²) in [5.74, 6) is 0. The fourth-order valence-electron chi connectivity index (χ4n) is 0. The van der Waals surface area contributed by atoms with Gasteiger partial charge in [-0.05, 0) is 0 Å². The Balaban J connectivity index is 0. The van der Waals surface area contributed by atoms with Crippen molar-refractivity contribution >= 4 is 10.4 Å². The minimum absolute atomic E-state index is 0.806. The third-order valence-corrected chi connectivity index (χ3v) is 0. The van der Waals surface area contributed by atoms with E-state index < -0.39 is 0 Å².